The number of rotatable bonds is 5. The van der Waals surface area contributed by atoms with Gasteiger partial charge in [-0.1, -0.05) is 0 Å². The molecule has 2 aromatic rings. The number of aryl methyl sites for hydroxylation is 1. The van der Waals surface area contributed by atoms with E-state index in [1.54, 1.807) is 36.5 Å². The van der Waals surface area contributed by atoms with Crippen molar-refractivity contribution in [3.63, 3.8) is 0 Å². The van der Waals surface area contributed by atoms with Crippen molar-refractivity contribution >= 4 is 11.7 Å². The minimum absolute atomic E-state index is 0.0500. The average Bonchev–Trinajstić information content (AvgIpc) is 2.90. The molecule has 6 nitrogen and oxygen atoms in total. The van der Waals surface area contributed by atoms with Crippen LogP contribution in [-0.4, -0.2) is 39.4 Å². The lowest BCUT2D eigenvalue weighted by molar-refractivity contribution is 0.0781. The summed E-state index contributed by atoms with van der Waals surface area (Å²) < 4.78 is 0. The number of nitrogens with one attached hydrogen (secondary N) is 2. The molecule has 0 saturated heterocycles. The normalized spacial score (nSPS) is 10.3. The van der Waals surface area contributed by atoms with Crippen LogP contribution in [0.3, 0.4) is 0 Å². The van der Waals surface area contributed by atoms with Crippen LogP contribution in [0.15, 0.2) is 24.5 Å². The van der Waals surface area contributed by atoms with Crippen molar-refractivity contribution in [3.8, 4) is 0 Å². The van der Waals surface area contributed by atoms with Crippen LogP contribution < -0.4 is 5.32 Å². The Labute approximate surface area is 118 Å². The van der Waals surface area contributed by atoms with Gasteiger partial charge in [-0.05, 0) is 26.0 Å². The molecule has 0 aliphatic rings. The van der Waals surface area contributed by atoms with Gasteiger partial charge in [0.05, 0.1) is 6.54 Å². The quantitative estimate of drug-likeness (QED) is 0.871. The molecule has 0 saturated carbocycles. The summed E-state index contributed by atoms with van der Waals surface area (Å²) in [6, 6.07) is 3.57. The van der Waals surface area contributed by atoms with Crippen molar-refractivity contribution in [2.45, 2.75) is 20.4 Å². The molecule has 0 aromatic carbocycles. The number of aromatic nitrogens is 3. The molecule has 0 unspecified atom stereocenters. The first-order valence-electron chi connectivity index (χ1n) is 6.56. The van der Waals surface area contributed by atoms with E-state index in [1.165, 1.54) is 0 Å². The highest BCUT2D eigenvalue weighted by Gasteiger charge is 2.14. The molecule has 6 heteroatoms. The van der Waals surface area contributed by atoms with Gasteiger partial charge in [0.2, 0.25) is 0 Å². The van der Waals surface area contributed by atoms with E-state index in [2.05, 4.69) is 20.3 Å². The third-order valence-electron chi connectivity index (χ3n) is 2.85. The molecule has 1 amide bonds. The van der Waals surface area contributed by atoms with Gasteiger partial charge in [-0.2, -0.15) is 0 Å². The molecule has 2 heterocycles. The van der Waals surface area contributed by atoms with Crippen molar-refractivity contribution in [2.75, 3.05) is 18.9 Å². The highest BCUT2D eigenvalue weighted by atomic mass is 16.2. The van der Waals surface area contributed by atoms with E-state index in [0.717, 1.165) is 23.9 Å². The lowest BCUT2D eigenvalue weighted by Crippen LogP contribution is -2.27. The summed E-state index contributed by atoms with van der Waals surface area (Å²) in [5.74, 6) is 1.44. The maximum Gasteiger partial charge on any atom is 0.254 e. The number of aromatic amines is 1. The molecule has 0 radical (unpaired) electrons. The Hall–Kier alpha value is -2.37. The Bertz CT molecular complexity index is 579. The van der Waals surface area contributed by atoms with Gasteiger partial charge in [-0.15, -0.1) is 0 Å². The number of nitrogens with zero attached hydrogens (tertiary/aromatic N) is 3. The van der Waals surface area contributed by atoms with Crippen LogP contribution in [0.4, 0.5) is 5.82 Å². The van der Waals surface area contributed by atoms with Crippen LogP contribution in [0, 0.1) is 6.92 Å². The molecular weight excluding hydrogens is 254 g/mol. The third-order valence-corrected chi connectivity index (χ3v) is 2.85. The fraction of sp³-hybridized carbons (Fsp3) is 0.357. The Balaban J connectivity index is 2.15. The average molecular weight is 273 g/mol. The van der Waals surface area contributed by atoms with Crippen LogP contribution in [0.25, 0.3) is 0 Å². The van der Waals surface area contributed by atoms with E-state index in [9.17, 15) is 4.79 Å². The highest BCUT2D eigenvalue weighted by molar-refractivity contribution is 5.94. The van der Waals surface area contributed by atoms with Gasteiger partial charge in [0, 0.05) is 37.2 Å². The smallest absolute Gasteiger partial charge is 0.254 e. The van der Waals surface area contributed by atoms with Crippen LogP contribution in [0.2, 0.25) is 0 Å². The zero-order valence-electron chi connectivity index (χ0n) is 12.0. The zero-order chi connectivity index (χ0) is 14.5. The second-order valence-electron chi connectivity index (χ2n) is 4.61. The summed E-state index contributed by atoms with van der Waals surface area (Å²) in [6.07, 6.45) is 3.42. The monoisotopic (exact) mass is 273 g/mol. The molecular formula is C14H19N5O. The molecule has 0 bridgehead atoms. The van der Waals surface area contributed by atoms with Crippen molar-refractivity contribution in [1.29, 1.82) is 0 Å². The molecule has 2 rings (SSSR count). The van der Waals surface area contributed by atoms with Crippen LogP contribution in [0.5, 0.6) is 0 Å². The fourth-order valence-electron chi connectivity index (χ4n) is 1.96. The predicted molar refractivity (Wildman–Crippen MR) is 77.5 cm³/mol. The van der Waals surface area contributed by atoms with Crippen LogP contribution in [-0.2, 0) is 6.54 Å². The van der Waals surface area contributed by atoms with E-state index < -0.39 is 0 Å². The molecule has 2 N–H and O–H groups in total. The molecule has 0 fully saturated rings. The van der Waals surface area contributed by atoms with Crippen LogP contribution >= 0.6 is 0 Å². The Morgan fingerprint density at radius 3 is 2.90 bits per heavy atom. The van der Waals surface area contributed by atoms with Gasteiger partial charge < -0.3 is 15.2 Å². The number of hydrogen-bond acceptors (Lipinski definition) is 4. The number of amides is 1. The van der Waals surface area contributed by atoms with Gasteiger partial charge in [0.1, 0.15) is 11.6 Å². The highest BCUT2D eigenvalue weighted by Crippen LogP contribution is 2.13. The van der Waals surface area contributed by atoms with Crippen molar-refractivity contribution in [2.24, 2.45) is 0 Å². The maximum absolute atomic E-state index is 12.4. The lowest BCUT2D eigenvalue weighted by Gasteiger charge is -2.16. The van der Waals surface area contributed by atoms with Crippen LogP contribution in [0.1, 0.15) is 28.8 Å². The molecule has 0 aliphatic heterocycles. The van der Waals surface area contributed by atoms with Gasteiger partial charge in [-0.25, -0.2) is 9.97 Å². The summed E-state index contributed by atoms with van der Waals surface area (Å²) in [5, 5.41) is 3.13. The van der Waals surface area contributed by atoms with Crippen molar-refractivity contribution < 1.29 is 4.79 Å². The van der Waals surface area contributed by atoms with Gasteiger partial charge in [-0.3, -0.25) is 4.79 Å². The summed E-state index contributed by atoms with van der Waals surface area (Å²) >= 11 is 0. The number of carbonyl (C=O) groups excluding carboxylic acids is 1. The molecule has 20 heavy (non-hydrogen) atoms. The van der Waals surface area contributed by atoms with Crippen molar-refractivity contribution in [3.05, 3.63) is 41.6 Å². The second-order valence-corrected chi connectivity index (χ2v) is 4.61. The Morgan fingerprint density at radius 1 is 1.45 bits per heavy atom. The molecule has 0 aliphatic carbocycles. The Morgan fingerprint density at radius 2 is 2.25 bits per heavy atom. The summed E-state index contributed by atoms with van der Waals surface area (Å²) in [4.78, 5) is 25.5. The van der Waals surface area contributed by atoms with E-state index in [1.807, 2.05) is 13.8 Å². The number of anilines is 1. The molecule has 0 atom stereocenters. The number of H-pyrrole nitrogens is 1. The second kappa shape index (κ2) is 6.18. The minimum Gasteiger partial charge on any atom is -0.370 e. The SMILES string of the molecule is CCNc1cc(C(=O)N(C)Cc2ncc[nH]2)cc(C)n1. The minimum atomic E-state index is -0.0500. The lowest BCUT2D eigenvalue weighted by atomic mass is 10.2. The summed E-state index contributed by atoms with van der Waals surface area (Å²) in [6.45, 7) is 5.09. The zero-order valence-corrected chi connectivity index (χ0v) is 12.0. The number of carbonyl (C=O) groups is 1. The molecule has 2 aromatic heterocycles. The maximum atomic E-state index is 12.4. The first-order chi connectivity index (χ1) is 9.60. The van der Waals surface area contributed by atoms with Gasteiger partial charge >= 0.3 is 0 Å². The Kier molecular flexibility index (Phi) is 4.34. The van der Waals surface area contributed by atoms with Gasteiger partial charge in [0.15, 0.2) is 0 Å². The summed E-state index contributed by atoms with van der Waals surface area (Å²) in [7, 11) is 1.76. The molecule has 106 valence electrons. The fourth-order valence-corrected chi connectivity index (χ4v) is 1.96. The van der Waals surface area contributed by atoms with E-state index in [-0.39, 0.29) is 5.91 Å². The van der Waals surface area contributed by atoms with E-state index in [4.69, 9.17) is 0 Å². The van der Waals surface area contributed by atoms with Crippen molar-refractivity contribution in [1.82, 2.24) is 19.9 Å². The number of imidazole rings is 1. The predicted octanol–water partition coefficient (Wildman–Crippen LogP) is 1.82. The standard InChI is InChI=1S/C14H19N5O/c1-4-15-12-8-11(7-10(2)18-12)14(20)19(3)9-13-16-5-6-17-13/h5-8H,4,9H2,1-3H3,(H,15,18)(H,16,17). The van der Waals surface area contributed by atoms with E-state index >= 15 is 0 Å². The van der Waals surface area contributed by atoms with E-state index in [0.29, 0.717) is 12.1 Å². The largest absolute Gasteiger partial charge is 0.370 e. The first-order valence-corrected chi connectivity index (χ1v) is 6.56. The van der Waals surface area contributed by atoms with Gasteiger partial charge in [0.25, 0.3) is 5.91 Å². The first kappa shape index (κ1) is 14.0. The molecule has 0 spiro atoms. The third kappa shape index (κ3) is 3.34. The number of hydrogen-bond donors (Lipinski definition) is 2. The number of pyridine rings is 1. The summed E-state index contributed by atoms with van der Waals surface area (Å²) in [5.41, 5.74) is 1.45. The topological polar surface area (TPSA) is 73.9 Å².